The Morgan fingerprint density at radius 1 is 1.15 bits per heavy atom. The summed E-state index contributed by atoms with van der Waals surface area (Å²) < 4.78 is 4.77. The van der Waals surface area contributed by atoms with Crippen molar-refractivity contribution in [3.05, 3.63) is 29.8 Å². The number of hydrogen-bond acceptors (Lipinski definition) is 3. The van der Waals surface area contributed by atoms with Crippen LogP contribution in [-0.2, 0) is 4.74 Å². The first kappa shape index (κ1) is 16.0. The van der Waals surface area contributed by atoms with Crippen molar-refractivity contribution in [2.45, 2.75) is 39.7 Å². The summed E-state index contributed by atoms with van der Waals surface area (Å²) in [6.07, 6.45) is 0.346. The average molecular weight is 278 g/mol. The molecule has 0 bridgehead atoms. The van der Waals surface area contributed by atoms with E-state index in [-0.39, 0.29) is 11.4 Å². The summed E-state index contributed by atoms with van der Waals surface area (Å²) in [6.45, 7) is 8.02. The lowest BCUT2D eigenvalue weighted by Gasteiger charge is -2.24. The molecule has 1 aromatic rings. The van der Waals surface area contributed by atoms with E-state index in [1.165, 1.54) is 0 Å². The van der Waals surface area contributed by atoms with E-state index in [9.17, 15) is 9.59 Å². The molecule has 0 aliphatic rings. The predicted molar refractivity (Wildman–Crippen MR) is 78.9 cm³/mol. The van der Waals surface area contributed by atoms with Gasteiger partial charge in [-0.1, -0.05) is 6.92 Å². The first-order valence-electron chi connectivity index (χ1n) is 6.74. The van der Waals surface area contributed by atoms with Crippen molar-refractivity contribution < 1.29 is 14.3 Å². The van der Waals surface area contributed by atoms with Crippen molar-refractivity contribution in [1.29, 1.82) is 0 Å². The Labute approximate surface area is 119 Å². The number of rotatable bonds is 5. The smallest absolute Gasteiger partial charge is 0.411 e. The van der Waals surface area contributed by atoms with Crippen molar-refractivity contribution >= 4 is 17.7 Å². The minimum absolute atomic E-state index is 0.125. The van der Waals surface area contributed by atoms with E-state index in [4.69, 9.17) is 4.74 Å². The normalized spacial score (nSPS) is 10.8. The van der Waals surface area contributed by atoms with Gasteiger partial charge < -0.3 is 10.1 Å². The van der Waals surface area contributed by atoms with Crippen LogP contribution >= 0.6 is 0 Å². The second kappa shape index (κ2) is 6.93. The van der Waals surface area contributed by atoms with Crippen molar-refractivity contribution in [3.63, 3.8) is 0 Å². The predicted octanol–water partition coefficient (Wildman–Crippen LogP) is 3.17. The molecule has 2 amide bonds. The van der Waals surface area contributed by atoms with Gasteiger partial charge in [0, 0.05) is 16.8 Å². The van der Waals surface area contributed by atoms with Crippen molar-refractivity contribution in [3.8, 4) is 0 Å². The molecule has 110 valence electrons. The number of carbonyl (C=O) groups is 2. The third-order valence-corrected chi connectivity index (χ3v) is 3.00. The topological polar surface area (TPSA) is 67.4 Å². The van der Waals surface area contributed by atoms with E-state index < -0.39 is 6.09 Å². The summed E-state index contributed by atoms with van der Waals surface area (Å²) in [4.78, 5) is 23.3. The fourth-order valence-electron chi connectivity index (χ4n) is 1.46. The second-order valence-corrected chi connectivity index (χ2v) is 5.11. The van der Waals surface area contributed by atoms with E-state index >= 15 is 0 Å². The Kier molecular flexibility index (Phi) is 5.55. The molecule has 1 rings (SSSR count). The SMILES string of the molecule is CCOC(=O)Nc1ccc(C(=O)NC(C)(C)CC)cc1. The van der Waals surface area contributed by atoms with Crippen molar-refractivity contribution in [1.82, 2.24) is 5.32 Å². The number of amides is 2. The molecule has 2 N–H and O–H groups in total. The van der Waals surface area contributed by atoms with Gasteiger partial charge in [-0.05, 0) is 51.5 Å². The highest BCUT2D eigenvalue weighted by Crippen LogP contribution is 2.12. The highest BCUT2D eigenvalue weighted by atomic mass is 16.5. The molecule has 0 aliphatic heterocycles. The van der Waals surface area contributed by atoms with E-state index in [0.29, 0.717) is 17.9 Å². The molecule has 5 nitrogen and oxygen atoms in total. The molecule has 20 heavy (non-hydrogen) atoms. The molecule has 1 aromatic carbocycles. The Balaban J connectivity index is 2.66. The van der Waals surface area contributed by atoms with Crippen LogP contribution in [0.5, 0.6) is 0 Å². The monoisotopic (exact) mass is 278 g/mol. The maximum atomic E-state index is 12.0. The molecule has 0 spiro atoms. The molecule has 0 aliphatic carbocycles. The number of anilines is 1. The molecule has 0 heterocycles. The Morgan fingerprint density at radius 2 is 1.75 bits per heavy atom. The van der Waals surface area contributed by atoms with Crippen LogP contribution in [0.25, 0.3) is 0 Å². The Hall–Kier alpha value is -2.04. The minimum Gasteiger partial charge on any atom is -0.450 e. The fraction of sp³-hybridized carbons (Fsp3) is 0.467. The molecular weight excluding hydrogens is 256 g/mol. The van der Waals surface area contributed by atoms with Gasteiger partial charge >= 0.3 is 6.09 Å². The zero-order chi connectivity index (χ0) is 15.2. The number of nitrogens with one attached hydrogen (secondary N) is 2. The van der Waals surface area contributed by atoms with Crippen molar-refractivity contribution in [2.75, 3.05) is 11.9 Å². The lowest BCUT2D eigenvalue weighted by atomic mass is 10.0. The second-order valence-electron chi connectivity index (χ2n) is 5.11. The summed E-state index contributed by atoms with van der Waals surface area (Å²) in [6, 6.07) is 6.68. The van der Waals surface area contributed by atoms with E-state index in [1.807, 2.05) is 20.8 Å². The van der Waals surface area contributed by atoms with Gasteiger partial charge in [0.05, 0.1) is 6.61 Å². The van der Waals surface area contributed by atoms with Crippen LogP contribution in [0.2, 0.25) is 0 Å². The van der Waals surface area contributed by atoms with Crippen LogP contribution in [0.15, 0.2) is 24.3 Å². The number of benzene rings is 1. The molecule has 0 atom stereocenters. The van der Waals surface area contributed by atoms with Gasteiger partial charge in [-0.3, -0.25) is 10.1 Å². The number of hydrogen-bond donors (Lipinski definition) is 2. The average Bonchev–Trinajstić information content (AvgIpc) is 2.39. The lowest BCUT2D eigenvalue weighted by Crippen LogP contribution is -2.42. The number of carbonyl (C=O) groups excluding carboxylic acids is 2. The molecule has 0 radical (unpaired) electrons. The van der Waals surface area contributed by atoms with E-state index in [1.54, 1.807) is 31.2 Å². The number of ether oxygens (including phenoxy) is 1. The fourth-order valence-corrected chi connectivity index (χ4v) is 1.46. The van der Waals surface area contributed by atoms with Crippen LogP contribution in [0.4, 0.5) is 10.5 Å². The van der Waals surface area contributed by atoms with Crippen LogP contribution in [0, 0.1) is 0 Å². The highest BCUT2D eigenvalue weighted by molar-refractivity contribution is 5.95. The summed E-state index contributed by atoms with van der Waals surface area (Å²) in [5.74, 6) is -0.125. The zero-order valence-corrected chi connectivity index (χ0v) is 12.4. The Morgan fingerprint density at radius 3 is 2.25 bits per heavy atom. The summed E-state index contributed by atoms with van der Waals surface area (Å²) in [7, 11) is 0. The van der Waals surface area contributed by atoms with Gasteiger partial charge in [0.15, 0.2) is 0 Å². The van der Waals surface area contributed by atoms with Crippen molar-refractivity contribution in [2.24, 2.45) is 0 Å². The van der Waals surface area contributed by atoms with E-state index in [2.05, 4.69) is 10.6 Å². The van der Waals surface area contributed by atoms with Gasteiger partial charge in [0.25, 0.3) is 5.91 Å². The molecule has 0 saturated heterocycles. The van der Waals surface area contributed by atoms with Gasteiger partial charge in [-0.25, -0.2) is 4.79 Å². The third kappa shape index (κ3) is 4.91. The van der Waals surface area contributed by atoms with Gasteiger partial charge in [-0.2, -0.15) is 0 Å². The largest absolute Gasteiger partial charge is 0.450 e. The summed E-state index contributed by atoms with van der Waals surface area (Å²) >= 11 is 0. The molecule has 0 unspecified atom stereocenters. The quantitative estimate of drug-likeness (QED) is 0.869. The summed E-state index contributed by atoms with van der Waals surface area (Å²) in [5.41, 5.74) is 0.912. The van der Waals surface area contributed by atoms with Gasteiger partial charge in [-0.15, -0.1) is 0 Å². The molecule has 0 saturated carbocycles. The van der Waals surface area contributed by atoms with Crippen LogP contribution < -0.4 is 10.6 Å². The maximum Gasteiger partial charge on any atom is 0.411 e. The van der Waals surface area contributed by atoms with Crippen LogP contribution in [-0.4, -0.2) is 24.1 Å². The molecule has 0 fully saturated rings. The minimum atomic E-state index is -0.503. The molecule has 0 aromatic heterocycles. The summed E-state index contributed by atoms with van der Waals surface area (Å²) in [5, 5.41) is 5.53. The maximum absolute atomic E-state index is 12.0. The first-order valence-corrected chi connectivity index (χ1v) is 6.74. The lowest BCUT2D eigenvalue weighted by molar-refractivity contribution is 0.0911. The standard InChI is InChI=1S/C15H22N2O3/c1-5-15(3,4)17-13(18)11-7-9-12(10-8-11)16-14(19)20-6-2/h7-10H,5-6H2,1-4H3,(H,16,19)(H,17,18). The highest BCUT2D eigenvalue weighted by Gasteiger charge is 2.18. The Bertz CT molecular complexity index is 467. The first-order chi connectivity index (χ1) is 9.38. The van der Waals surface area contributed by atoms with Crippen LogP contribution in [0.3, 0.4) is 0 Å². The third-order valence-electron chi connectivity index (χ3n) is 3.00. The zero-order valence-electron chi connectivity index (χ0n) is 12.4. The van der Waals surface area contributed by atoms with Crippen LogP contribution in [0.1, 0.15) is 44.5 Å². The van der Waals surface area contributed by atoms with Gasteiger partial charge in [0.2, 0.25) is 0 Å². The van der Waals surface area contributed by atoms with Gasteiger partial charge in [0.1, 0.15) is 0 Å². The molecule has 5 heteroatoms. The molecular formula is C15H22N2O3. The van der Waals surface area contributed by atoms with E-state index in [0.717, 1.165) is 6.42 Å².